The fraction of sp³-hybridized carbons (Fsp3) is 0.600. The maximum Gasteiger partial charge on any atom is 0.142 e. The Morgan fingerprint density at radius 2 is 2.22 bits per heavy atom. The van der Waals surface area contributed by atoms with Crippen molar-refractivity contribution in [3.8, 4) is 0 Å². The summed E-state index contributed by atoms with van der Waals surface area (Å²) in [4.78, 5) is 0. The molecule has 0 bridgehead atoms. The highest BCUT2D eigenvalue weighted by Crippen LogP contribution is 1.99. The van der Waals surface area contributed by atoms with E-state index in [1.807, 2.05) is 18.5 Å². The van der Waals surface area contributed by atoms with E-state index in [0.29, 0.717) is 5.75 Å². The Bertz CT molecular complexity index is 206. The third-order valence-electron chi connectivity index (χ3n) is 1.32. The molecule has 1 rings (SSSR count). The van der Waals surface area contributed by atoms with Crippen molar-refractivity contribution < 1.29 is 0 Å². The second-order valence-corrected chi connectivity index (χ2v) is 2.20. The van der Waals surface area contributed by atoms with Crippen LogP contribution < -0.4 is 0 Å². The summed E-state index contributed by atoms with van der Waals surface area (Å²) in [7, 11) is 1.93. The van der Waals surface area contributed by atoms with Crippen LogP contribution in [0, 0.1) is 6.92 Å². The molecule has 0 atom stereocenters. The number of aromatic nitrogens is 3. The molecule has 0 aliphatic heterocycles. The fourth-order valence-electron chi connectivity index (χ4n) is 0.589. The van der Waals surface area contributed by atoms with Gasteiger partial charge in [0.1, 0.15) is 11.6 Å². The molecular weight excluding hydrogens is 134 g/mol. The van der Waals surface area contributed by atoms with Gasteiger partial charge in [0.2, 0.25) is 0 Å². The average molecular weight is 143 g/mol. The van der Waals surface area contributed by atoms with Crippen LogP contribution in [0.15, 0.2) is 0 Å². The van der Waals surface area contributed by atoms with Crippen molar-refractivity contribution in [1.82, 2.24) is 14.8 Å². The Labute approximate surface area is 59.5 Å². The summed E-state index contributed by atoms with van der Waals surface area (Å²) in [5, 5.41) is 7.72. The molecule has 0 saturated carbocycles. The van der Waals surface area contributed by atoms with Gasteiger partial charge >= 0.3 is 0 Å². The van der Waals surface area contributed by atoms with E-state index in [4.69, 9.17) is 0 Å². The minimum atomic E-state index is 0.650. The molecule has 0 saturated heterocycles. The highest BCUT2D eigenvalue weighted by molar-refractivity contribution is 7.79. The van der Waals surface area contributed by atoms with Crippen LogP contribution >= 0.6 is 12.6 Å². The Kier molecular flexibility index (Phi) is 1.75. The van der Waals surface area contributed by atoms with Crippen LogP contribution in [0.3, 0.4) is 0 Å². The minimum Gasteiger partial charge on any atom is -0.318 e. The molecule has 1 heterocycles. The molecule has 50 valence electrons. The van der Waals surface area contributed by atoms with Gasteiger partial charge in [-0.15, -0.1) is 10.2 Å². The van der Waals surface area contributed by atoms with Crippen molar-refractivity contribution in [2.75, 3.05) is 0 Å². The number of hydrogen-bond donors (Lipinski definition) is 1. The fourth-order valence-corrected chi connectivity index (χ4v) is 0.864. The normalized spacial score (nSPS) is 10.1. The van der Waals surface area contributed by atoms with Gasteiger partial charge < -0.3 is 4.57 Å². The molecule has 9 heavy (non-hydrogen) atoms. The lowest BCUT2D eigenvalue weighted by Gasteiger charge is -1.94. The first-order chi connectivity index (χ1) is 4.25. The molecule has 3 nitrogen and oxygen atoms in total. The molecule has 0 spiro atoms. The van der Waals surface area contributed by atoms with E-state index in [9.17, 15) is 0 Å². The first kappa shape index (κ1) is 6.61. The summed E-state index contributed by atoms with van der Waals surface area (Å²) in [6.45, 7) is 1.92. The number of nitrogens with zero attached hydrogens (tertiary/aromatic N) is 3. The summed E-state index contributed by atoms with van der Waals surface area (Å²) in [5.74, 6) is 2.49. The smallest absolute Gasteiger partial charge is 0.142 e. The third-order valence-corrected chi connectivity index (χ3v) is 1.61. The summed E-state index contributed by atoms with van der Waals surface area (Å²) < 4.78 is 1.92. The summed E-state index contributed by atoms with van der Waals surface area (Å²) in [6, 6.07) is 0. The predicted molar refractivity (Wildman–Crippen MR) is 38.4 cm³/mol. The van der Waals surface area contributed by atoms with Gasteiger partial charge in [-0.25, -0.2) is 0 Å². The maximum atomic E-state index is 4.07. The molecule has 0 fully saturated rings. The van der Waals surface area contributed by atoms with E-state index in [0.717, 1.165) is 11.6 Å². The standard InChI is InChI=1S/C5H9N3S/c1-4-6-7-5(3-9)8(4)2/h9H,3H2,1-2H3. The van der Waals surface area contributed by atoms with Crippen LogP contribution in [0.4, 0.5) is 0 Å². The monoisotopic (exact) mass is 143 g/mol. The Morgan fingerprint density at radius 1 is 1.56 bits per heavy atom. The molecule has 4 heteroatoms. The number of hydrogen-bond acceptors (Lipinski definition) is 3. The van der Waals surface area contributed by atoms with Crippen molar-refractivity contribution in [3.63, 3.8) is 0 Å². The lowest BCUT2D eigenvalue weighted by Crippen LogP contribution is -1.95. The molecule has 0 amide bonds. The molecule has 1 aromatic heterocycles. The first-order valence-corrected chi connectivity index (χ1v) is 3.34. The van der Waals surface area contributed by atoms with E-state index in [2.05, 4.69) is 22.8 Å². The molecule has 0 unspecified atom stereocenters. The van der Waals surface area contributed by atoms with Gasteiger partial charge in [0.15, 0.2) is 0 Å². The molecular formula is C5H9N3S. The summed E-state index contributed by atoms with van der Waals surface area (Å²) in [5.41, 5.74) is 0. The van der Waals surface area contributed by atoms with Crippen LogP contribution in [0.5, 0.6) is 0 Å². The Morgan fingerprint density at radius 3 is 2.44 bits per heavy atom. The predicted octanol–water partition coefficient (Wildman–Crippen LogP) is 0.553. The van der Waals surface area contributed by atoms with E-state index >= 15 is 0 Å². The van der Waals surface area contributed by atoms with Gasteiger partial charge in [0.05, 0.1) is 5.75 Å². The number of thiol groups is 1. The SMILES string of the molecule is Cc1nnc(CS)n1C. The number of rotatable bonds is 1. The van der Waals surface area contributed by atoms with Gasteiger partial charge in [-0.1, -0.05) is 0 Å². The van der Waals surface area contributed by atoms with E-state index in [1.54, 1.807) is 0 Å². The summed E-state index contributed by atoms with van der Waals surface area (Å²) >= 11 is 4.07. The molecule has 0 aliphatic rings. The van der Waals surface area contributed by atoms with E-state index < -0.39 is 0 Å². The Hall–Kier alpha value is -0.510. The summed E-state index contributed by atoms with van der Waals surface area (Å²) in [6.07, 6.45) is 0. The van der Waals surface area contributed by atoms with Crippen LogP contribution in [0.2, 0.25) is 0 Å². The second-order valence-electron chi connectivity index (χ2n) is 1.88. The number of aryl methyl sites for hydroxylation is 1. The molecule has 0 radical (unpaired) electrons. The van der Waals surface area contributed by atoms with Crippen LogP contribution in [0.25, 0.3) is 0 Å². The topological polar surface area (TPSA) is 30.7 Å². The first-order valence-electron chi connectivity index (χ1n) is 2.71. The minimum absolute atomic E-state index is 0.650. The van der Waals surface area contributed by atoms with Gasteiger partial charge in [-0.2, -0.15) is 12.6 Å². The molecule has 0 aliphatic carbocycles. The van der Waals surface area contributed by atoms with Crippen LogP contribution in [-0.2, 0) is 12.8 Å². The zero-order valence-corrected chi connectivity index (χ0v) is 6.39. The van der Waals surface area contributed by atoms with Crippen molar-refractivity contribution in [2.24, 2.45) is 7.05 Å². The highest BCUT2D eigenvalue weighted by Gasteiger charge is 1.99. The third kappa shape index (κ3) is 1.08. The van der Waals surface area contributed by atoms with Gasteiger partial charge in [-0.05, 0) is 6.92 Å². The highest BCUT2D eigenvalue weighted by atomic mass is 32.1. The van der Waals surface area contributed by atoms with Crippen molar-refractivity contribution in [3.05, 3.63) is 11.6 Å². The van der Waals surface area contributed by atoms with E-state index in [-0.39, 0.29) is 0 Å². The largest absolute Gasteiger partial charge is 0.318 e. The maximum absolute atomic E-state index is 4.07. The van der Waals surface area contributed by atoms with Gasteiger partial charge in [-0.3, -0.25) is 0 Å². The van der Waals surface area contributed by atoms with Crippen LogP contribution in [-0.4, -0.2) is 14.8 Å². The lowest BCUT2D eigenvalue weighted by molar-refractivity contribution is 0.818. The molecule has 1 aromatic rings. The van der Waals surface area contributed by atoms with Gasteiger partial charge in [0.25, 0.3) is 0 Å². The lowest BCUT2D eigenvalue weighted by atomic mass is 10.6. The van der Waals surface area contributed by atoms with Crippen molar-refractivity contribution in [2.45, 2.75) is 12.7 Å². The van der Waals surface area contributed by atoms with Crippen LogP contribution in [0.1, 0.15) is 11.6 Å². The zero-order chi connectivity index (χ0) is 6.85. The average Bonchev–Trinajstić information content (AvgIpc) is 2.15. The second kappa shape index (κ2) is 2.39. The molecule has 0 aromatic carbocycles. The van der Waals surface area contributed by atoms with E-state index in [1.165, 1.54) is 0 Å². The molecule has 0 N–H and O–H groups in total. The van der Waals surface area contributed by atoms with Crippen molar-refractivity contribution in [1.29, 1.82) is 0 Å². The quantitative estimate of drug-likeness (QED) is 0.582. The Balaban J connectivity index is 3.04. The van der Waals surface area contributed by atoms with Gasteiger partial charge in [0, 0.05) is 7.05 Å². The zero-order valence-electron chi connectivity index (χ0n) is 5.50. The van der Waals surface area contributed by atoms with Crippen molar-refractivity contribution >= 4 is 12.6 Å².